The van der Waals surface area contributed by atoms with Crippen LogP contribution in [0.25, 0.3) is 0 Å². The SMILES string of the molecule is CCn1c(SCc2ccc(F)cc2)nnc1C1CCCCC1. The molecule has 0 amide bonds. The summed E-state index contributed by atoms with van der Waals surface area (Å²) in [4.78, 5) is 0. The van der Waals surface area contributed by atoms with Crippen LogP contribution in [0.1, 0.15) is 56.3 Å². The van der Waals surface area contributed by atoms with E-state index in [-0.39, 0.29) is 5.82 Å². The molecule has 1 aliphatic rings. The smallest absolute Gasteiger partial charge is 0.191 e. The van der Waals surface area contributed by atoms with E-state index in [2.05, 4.69) is 21.7 Å². The van der Waals surface area contributed by atoms with Crippen molar-refractivity contribution >= 4 is 11.8 Å². The van der Waals surface area contributed by atoms with Crippen molar-refractivity contribution in [2.24, 2.45) is 0 Å². The summed E-state index contributed by atoms with van der Waals surface area (Å²) in [5, 5.41) is 9.84. The molecule has 22 heavy (non-hydrogen) atoms. The molecule has 5 heteroatoms. The molecule has 3 rings (SSSR count). The first-order valence-corrected chi connectivity index (χ1v) is 9.07. The van der Waals surface area contributed by atoms with Crippen molar-refractivity contribution in [2.75, 3.05) is 0 Å². The van der Waals surface area contributed by atoms with Gasteiger partial charge < -0.3 is 4.57 Å². The average molecular weight is 319 g/mol. The van der Waals surface area contributed by atoms with E-state index in [9.17, 15) is 4.39 Å². The second-order valence-corrected chi connectivity index (χ2v) is 6.78. The first-order chi connectivity index (χ1) is 10.8. The van der Waals surface area contributed by atoms with Crippen LogP contribution in [0.4, 0.5) is 4.39 Å². The lowest BCUT2D eigenvalue weighted by molar-refractivity contribution is 0.413. The molecule has 118 valence electrons. The van der Waals surface area contributed by atoms with Gasteiger partial charge in [0.05, 0.1) is 0 Å². The van der Waals surface area contributed by atoms with Crippen molar-refractivity contribution in [1.29, 1.82) is 0 Å². The van der Waals surface area contributed by atoms with Crippen LogP contribution in [0.3, 0.4) is 0 Å². The minimum atomic E-state index is -0.190. The maximum absolute atomic E-state index is 12.9. The third kappa shape index (κ3) is 3.51. The summed E-state index contributed by atoms with van der Waals surface area (Å²) in [6.45, 7) is 3.06. The summed E-state index contributed by atoms with van der Waals surface area (Å²) in [6, 6.07) is 6.68. The average Bonchev–Trinajstić information content (AvgIpc) is 2.98. The van der Waals surface area contributed by atoms with Crippen LogP contribution in [-0.4, -0.2) is 14.8 Å². The fourth-order valence-corrected chi connectivity index (χ4v) is 4.06. The van der Waals surface area contributed by atoms with Gasteiger partial charge in [0.2, 0.25) is 0 Å². The van der Waals surface area contributed by atoms with Crippen molar-refractivity contribution < 1.29 is 4.39 Å². The van der Waals surface area contributed by atoms with Crippen molar-refractivity contribution in [1.82, 2.24) is 14.8 Å². The van der Waals surface area contributed by atoms with Gasteiger partial charge in [-0.3, -0.25) is 0 Å². The molecule has 3 nitrogen and oxygen atoms in total. The molecule has 0 radical (unpaired) electrons. The first kappa shape index (κ1) is 15.5. The van der Waals surface area contributed by atoms with Gasteiger partial charge in [0, 0.05) is 18.2 Å². The van der Waals surface area contributed by atoms with Gasteiger partial charge in [0.15, 0.2) is 5.16 Å². The molecule has 2 aromatic rings. The van der Waals surface area contributed by atoms with Crippen LogP contribution in [0.5, 0.6) is 0 Å². The van der Waals surface area contributed by atoms with Gasteiger partial charge in [-0.1, -0.05) is 43.2 Å². The Morgan fingerprint density at radius 3 is 2.55 bits per heavy atom. The van der Waals surface area contributed by atoms with Crippen molar-refractivity contribution in [3.63, 3.8) is 0 Å². The van der Waals surface area contributed by atoms with Gasteiger partial charge in [-0.05, 0) is 37.5 Å². The van der Waals surface area contributed by atoms with Gasteiger partial charge in [-0.15, -0.1) is 10.2 Å². The molecule has 1 aromatic heterocycles. The van der Waals surface area contributed by atoms with E-state index >= 15 is 0 Å². The highest BCUT2D eigenvalue weighted by Gasteiger charge is 2.22. The summed E-state index contributed by atoms with van der Waals surface area (Å²) in [5.74, 6) is 2.33. The van der Waals surface area contributed by atoms with E-state index in [1.807, 2.05) is 12.1 Å². The van der Waals surface area contributed by atoms with E-state index in [4.69, 9.17) is 0 Å². The van der Waals surface area contributed by atoms with Crippen molar-refractivity contribution in [2.45, 2.75) is 62.4 Å². The van der Waals surface area contributed by atoms with Crippen LogP contribution in [0.2, 0.25) is 0 Å². The van der Waals surface area contributed by atoms with Crippen LogP contribution in [-0.2, 0) is 12.3 Å². The number of benzene rings is 1. The number of hydrogen-bond acceptors (Lipinski definition) is 3. The Labute approximate surface area is 135 Å². The molecule has 0 bridgehead atoms. The molecule has 1 heterocycles. The maximum Gasteiger partial charge on any atom is 0.191 e. The summed E-state index contributed by atoms with van der Waals surface area (Å²) in [5.41, 5.74) is 1.11. The number of halogens is 1. The Kier molecular flexibility index (Phi) is 5.13. The van der Waals surface area contributed by atoms with Crippen molar-refractivity contribution in [3.8, 4) is 0 Å². The van der Waals surface area contributed by atoms with Crippen molar-refractivity contribution in [3.05, 3.63) is 41.5 Å². The van der Waals surface area contributed by atoms with Crippen LogP contribution >= 0.6 is 11.8 Å². The van der Waals surface area contributed by atoms with Gasteiger partial charge in [-0.2, -0.15) is 0 Å². The minimum absolute atomic E-state index is 0.190. The van der Waals surface area contributed by atoms with E-state index in [0.29, 0.717) is 5.92 Å². The topological polar surface area (TPSA) is 30.7 Å². The van der Waals surface area contributed by atoms with E-state index in [0.717, 1.165) is 28.8 Å². The third-order valence-electron chi connectivity index (χ3n) is 4.31. The Hall–Kier alpha value is -1.36. The molecule has 0 spiro atoms. The van der Waals surface area contributed by atoms with Crippen LogP contribution in [0.15, 0.2) is 29.4 Å². The maximum atomic E-state index is 12.9. The highest BCUT2D eigenvalue weighted by atomic mass is 32.2. The lowest BCUT2D eigenvalue weighted by atomic mass is 9.89. The van der Waals surface area contributed by atoms with Crippen LogP contribution in [0, 0.1) is 5.82 Å². The zero-order valence-electron chi connectivity index (χ0n) is 13.0. The van der Waals surface area contributed by atoms with Gasteiger partial charge >= 0.3 is 0 Å². The summed E-state index contributed by atoms with van der Waals surface area (Å²) in [6.07, 6.45) is 6.43. The molecule has 1 fully saturated rings. The lowest BCUT2D eigenvalue weighted by Crippen LogP contribution is -2.12. The normalized spacial score (nSPS) is 16.1. The number of hydrogen-bond donors (Lipinski definition) is 0. The monoisotopic (exact) mass is 319 g/mol. The second kappa shape index (κ2) is 7.27. The van der Waals surface area contributed by atoms with E-state index < -0.39 is 0 Å². The number of aromatic nitrogens is 3. The molecule has 0 atom stereocenters. The number of thioether (sulfide) groups is 1. The Balaban J connectivity index is 1.70. The van der Waals surface area contributed by atoms with Gasteiger partial charge in [0.1, 0.15) is 11.6 Å². The first-order valence-electron chi connectivity index (χ1n) is 8.08. The molecule has 0 unspecified atom stereocenters. The molecule has 1 aliphatic carbocycles. The molecule has 1 saturated carbocycles. The van der Waals surface area contributed by atoms with E-state index in [1.165, 1.54) is 44.2 Å². The fraction of sp³-hybridized carbons (Fsp3) is 0.529. The molecule has 0 aliphatic heterocycles. The third-order valence-corrected chi connectivity index (χ3v) is 5.35. The molecular formula is C17H22FN3S. The van der Waals surface area contributed by atoms with Gasteiger partial charge in [-0.25, -0.2) is 4.39 Å². The number of nitrogens with zero attached hydrogens (tertiary/aromatic N) is 3. The predicted octanol–water partition coefficient (Wildman–Crippen LogP) is 4.78. The Morgan fingerprint density at radius 1 is 1.14 bits per heavy atom. The zero-order chi connectivity index (χ0) is 15.4. The molecular weight excluding hydrogens is 297 g/mol. The largest absolute Gasteiger partial charge is 0.306 e. The lowest BCUT2D eigenvalue weighted by Gasteiger charge is -2.21. The summed E-state index contributed by atoms with van der Waals surface area (Å²) < 4.78 is 15.2. The Morgan fingerprint density at radius 2 is 1.86 bits per heavy atom. The molecule has 0 saturated heterocycles. The fourth-order valence-electron chi connectivity index (χ4n) is 3.10. The Bertz CT molecular complexity index is 603. The number of rotatable bonds is 5. The molecule has 1 aromatic carbocycles. The van der Waals surface area contributed by atoms with Crippen LogP contribution < -0.4 is 0 Å². The second-order valence-electron chi connectivity index (χ2n) is 5.84. The minimum Gasteiger partial charge on any atom is -0.306 e. The predicted molar refractivity (Wildman–Crippen MR) is 87.5 cm³/mol. The zero-order valence-corrected chi connectivity index (χ0v) is 13.8. The highest BCUT2D eigenvalue weighted by Crippen LogP contribution is 2.33. The van der Waals surface area contributed by atoms with E-state index in [1.54, 1.807) is 11.8 Å². The summed E-state index contributed by atoms with van der Waals surface area (Å²) in [7, 11) is 0. The standard InChI is InChI=1S/C17H22FN3S/c1-2-21-16(14-6-4-3-5-7-14)19-20-17(21)22-12-13-8-10-15(18)11-9-13/h8-11,14H,2-7,12H2,1H3. The quantitative estimate of drug-likeness (QED) is 0.743. The van der Waals surface area contributed by atoms with Gasteiger partial charge in [0.25, 0.3) is 0 Å². The molecule has 0 N–H and O–H groups in total. The summed E-state index contributed by atoms with van der Waals surface area (Å²) >= 11 is 1.68. The highest BCUT2D eigenvalue weighted by molar-refractivity contribution is 7.98.